The average molecular weight is 213 g/mol. The lowest BCUT2D eigenvalue weighted by Gasteiger charge is -2.01. The van der Waals surface area contributed by atoms with Gasteiger partial charge in [0.1, 0.15) is 0 Å². The molecule has 0 aliphatic carbocycles. The van der Waals surface area contributed by atoms with Crippen LogP contribution >= 0.6 is 11.8 Å². The quantitative estimate of drug-likeness (QED) is 0.693. The van der Waals surface area contributed by atoms with Crippen LogP contribution in [0.1, 0.15) is 12.5 Å². The molecular weight excluding hydrogens is 194 g/mol. The summed E-state index contributed by atoms with van der Waals surface area (Å²) in [5.74, 6) is 2.42. The highest BCUT2D eigenvalue weighted by atomic mass is 32.2. The molecule has 1 N–H and O–H groups in total. The van der Waals surface area contributed by atoms with Gasteiger partial charge in [-0.1, -0.05) is 6.92 Å². The molecule has 80 valence electrons. The van der Waals surface area contributed by atoms with Crippen LogP contribution in [0.15, 0.2) is 12.4 Å². The van der Waals surface area contributed by atoms with Gasteiger partial charge in [0.05, 0.1) is 6.20 Å². The van der Waals surface area contributed by atoms with E-state index in [1.165, 1.54) is 17.1 Å². The fraction of sp³-hybridized carbons (Fsp3) is 0.700. The number of aryl methyl sites for hydroxylation is 1. The molecule has 0 spiro atoms. The van der Waals surface area contributed by atoms with E-state index in [-0.39, 0.29) is 0 Å². The molecule has 1 heterocycles. The van der Waals surface area contributed by atoms with E-state index in [4.69, 9.17) is 0 Å². The molecular formula is C10H19N3S. The minimum absolute atomic E-state index is 1.05. The van der Waals surface area contributed by atoms with E-state index in [1.54, 1.807) is 0 Å². The van der Waals surface area contributed by atoms with Crippen molar-refractivity contribution in [3.8, 4) is 0 Å². The molecule has 1 rings (SSSR count). The van der Waals surface area contributed by atoms with Crippen molar-refractivity contribution in [3.05, 3.63) is 18.0 Å². The van der Waals surface area contributed by atoms with Crippen LogP contribution in [0.2, 0.25) is 0 Å². The van der Waals surface area contributed by atoms with E-state index in [1.807, 2.05) is 29.7 Å². The molecule has 0 aromatic carbocycles. The second-order valence-electron chi connectivity index (χ2n) is 3.22. The standard InChI is InChI=1S/C10H19N3S/c1-3-14-7-6-11-5-4-10-8-12-13(2)9-10/h8-9,11H,3-7H2,1-2H3. The Hall–Kier alpha value is -0.480. The van der Waals surface area contributed by atoms with Gasteiger partial charge in [0, 0.05) is 25.5 Å². The van der Waals surface area contributed by atoms with Crippen LogP contribution in [0.25, 0.3) is 0 Å². The summed E-state index contributed by atoms with van der Waals surface area (Å²) in [5.41, 5.74) is 1.31. The van der Waals surface area contributed by atoms with Crippen LogP contribution in [0.3, 0.4) is 0 Å². The van der Waals surface area contributed by atoms with Crippen molar-refractivity contribution in [2.45, 2.75) is 13.3 Å². The minimum atomic E-state index is 1.05. The number of hydrogen-bond acceptors (Lipinski definition) is 3. The van der Waals surface area contributed by atoms with E-state index < -0.39 is 0 Å². The Morgan fingerprint density at radius 1 is 1.50 bits per heavy atom. The first-order chi connectivity index (χ1) is 6.83. The van der Waals surface area contributed by atoms with Gasteiger partial charge < -0.3 is 5.32 Å². The third-order valence-corrected chi connectivity index (χ3v) is 2.88. The molecule has 0 amide bonds. The predicted molar refractivity (Wildman–Crippen MR) is 62.8 cm³/mol. The van der Waals surface area contributed by atoms with E-state index in [9.17, 15) is 0 Å². The third-order valence-electron chi connectivity index (χ3n) is 1.98. The molecule has 0 unspecified atom stereocenters. The molecule has 3 nitrogen and oxygen atoms in total. The first-order valence-electron chi connectivity index (χ1n) is 5.09. The number of nitrogens with zero attached hydrogens (tertiary/aromatic N) is 2. The van der Waals surface area contributed by atoms with Crippen molar-refractivity contribution in [2.75, 3.05) is 24.6 Å². The van der Waals surface area contributed by atoms with E-state index in [0.29, 0.717) is 0 Å². The van der Waals surface area contributed by atoms with Crippen molar-refractivity contribution in [2.24, 2.45) is 7.05 Å². The molecule has 0 aliphatic heterocycles. The SMILES string of the molecule is CCSCCNCCc1cnn(C)c1. The molecule has 0 atom stereocenters. The first-order valence-corrected chi connectivity index (χ1v) is 6.24. The highest BCUT2D eigenvalue weighted by molar-refractivity contribution is 7.99. The smallest absolute Gasteiger partial charge is 0.0522 e. The van der Waals surface area contributed by atoms with Gasteiger partial charge in [0.15, 0.2) is 0 Å². The van der Waals surface area contributed by atoms with Gasteiger partial charge in [-0.3, -0.25) is 4.68 Å². The Kier molecular flexibility index (Phi) is 5.71. The number of thioether (sulfide) groups is 1. The van der Waals surface area contributed by atoms with Gasteiger partial charge in [0.2, 0.25) is 0 Å². The van der Waals surface area contributed by atoms with Crippen LogP contribution in [0, 0.1) is 0 Å². The molecule has 0 aliphatic rings. The summed E-state index contributed by atoms with van der Waals surface area (Å²) < 4.78 is 1.85. The number of nitrogens with one attached hydrogen (secondary N) is 1. The molecule has 0 fully saturated rings. The second-order valence-corrected chi connectivity index (χ2v) is 4.61. The number of hydrogen-bond donors (Lipinski definition) is 1. The number of aromatic nitrogens is 2. The lowest BCUT2D eigenvalue weighted by Crippen LogP contribution is -2.20. The molecule has 0 bridgehead atoms. The van der Waals surface area contributed by atoms with Gasteiger partial charge in [-0.05, 0) is 24.3 Å². The molecule has 1 aromatic heterocycles. The normalized spacial score (nSPS) is 10.7. The van der Waals surface area contributed by atoms with Gasteiger partial charge in [-0.25, -0.2) is 0 Å². The fourth-order valence-corrected chi connectivity index (χ4v) is 1.82. The Morgan fingerprint density at radius 3 is 3.00 bits per heavy atom. The van der Waals surface area contributed by atoms with E-state index in [2.05, 4.69) is 23.5 Å². The summed E-state index contributed by atoms with van der Waals surface area (Å²) in [6, 6.07) is 0. The number of rotatable bonds is 7. The van der Waals surface area contributed by atoms with Crippen LogP contribution < -0.4 is 5.32 Å². The van der Waals surface area contributed by atoms with Crippen molar-refractivity contribution < 1.29 is 0 Å². The summed E-state index contributed by atoms with van der Waals surface area (Å²) in [7, 11) is 1.95. The predicted octanol–water partition coefficient (Wildman–Crippen LogP) is 1.31. The summed E-state index contributed by atoms with van der Waals surface area (Å²) in [6.07, 6.45) is 5.08. The highest BCUT2D eigenvalue weighted by Gasteiger charge is 1.94. The molecule has 14 heavy (non-hydrogen) atoms. The van der Waals surface area contributed by atoms with Crippen LogP contribution in [0.5, 0.6) is 0 Å². The van der Waals surface area contributed by atoms with Crippen molar-refractivity contribution in [1.82, 2.24) is 15.1 Å². The van der Waals surface area contributed by atoms with Gasteiger partial charge >= 0.3 is 0 Å². The topological polar surface area (TPSA) is 29.9 Å². The molecule has 0 saturated carbocycles. The second kappa shape index (κ2) is 6.90. The first kappa shape index (κ1) is 11.6. The van der Waals surface area contributed by atoms with Crippen LogP contribution in [0.4, 0.5) is 0 Å². The zero-order valence-corrected chi connectivity index (χ0v) is 9.81. The van der Waals surface area contributed by atoms with Crippen molar-refractivity contribution >= 4 is 11.8 Å². The van der Waals surface area contributed by atoms with E-state index in [0.717, 1.165) is 19.5 Å². The van der Waals surface area contributed by atoms with Gasteiger partial charge in [-0.2, -0.15) is 16.9 Å². The summed E-state index contributed by atoms with van der Waals surface area (Å²) >= 11 is 1.98. The van der Waals surface area contributed by atoms with Gasteiger partial charge in [-0.15, -0.1) is 0 Å². The summed E-state index contributed by atoms with van der Waals surface area (Å²) in [5, 5.41) is 7.55. The van der Waals surface area contributed by atoms with E-state index >= 15 is 0 Å². The van der Waals surface area contributed by atoms with Crippen molar-refractivity contribution in [3.63, 3.8) is 0 Å². The lowest BCUT2D eigenvalue weighted by molar-refractivity contribution is 0.719. The lowest BCUT2D eigenvalue weighted by atomic mass is 10.2. The maximum atomic E-state index is 4.13. The zero-order valence-electron chi connectivity index (χ0n) is 8.99. The van der Waals surface area contributed by atoms with Crippen molar-refractivity contribution in [1.29, 1.82) is 0 Å². The monoisotopic (exact) mass is 213 g/mol. The maximum absolute atomic E-state index is 4.13. The molecule has 0 saturated heterocycles. The van der Waals surface area contributed by atoms with Crippen LogP contribution in [-0.2, 0) is 13.5 Å². The van der Waals surface area contributed by atoms with Gasteiger partial charge in [0.25, 0.3) is 0 Å². The average Bonchev–Trinajstić information content (AvgIpc) is 2.58. The largest absolute Gasteiger partial charge is 0.316 e. The third kappa shape index (κ3) is 4.67. The summed E-state index contributed by atoms with van der Waals surface area (Å²) in [6.45, 7) is 4.36. The maximum Gasteiger partial charge on any atom is 0.0522 e. The Morgan fingerprint density at radius 2 is 2.36 bits per heavy atom. The Balaban J connectivity index is 1.99. The highest BCUT2D eigenvalue weighted by Crippen LogP contribution is 1.97. The molecule has 4 heteroatoms. The Bertz CT molecular complexity index is 247. The Labute approximate surface area is 90.3 Å². The molecule has 0 radical (unpaired) electrons. The minimum Gasteiger partial charge on any atom is -0.316 e. The fourth-order valence-electron chi connectivity index (χ4n) is 1.25. The molecule has 1 aromatic rings. The zero-order chi connectivity index (χ0) is 10.2. The van der Waals surface area contributed by atoms with Crippen LogP contribution in [-0.4, -0.2) is 34.4 Å². The summed E-state index contributed by atoms with van der Waals surface area (Å²) in [4.78, 5) is 0.